The van der Waals surface area contributed by atoms with E-state index in [1.165, 1.54) is 26.0 Å². The SMILES string of the molecule is COc1ccc2cc1Oc1cccc(OC)c1CNC(=O)[C@@H](C(C)C)NC(=O)[C@H]([C@@H](C)O)NC(=O)CN(C(=O)c1ccc(-n3ccnc3)cc1)CCCCNC2=O. The zero-order chi connectivity index (χ0) is 41.1. The van der Waals surface area contributed by atoms with Crippen molar-refractivity contribution in [2.24, 2.45) is 5.92 Å². The summed E-state index contributed by atoms with van der Waals surface area (Å²) in [5, 5.41) is 21.6. The Labute approximate surface area is 330 Å². The molecule has 0 spiro atoms. The number of aromatic nitrogens is 2. The summed E-state index contributed by atoms with van der Waals surface area (Å²) in [7, 11) is 2.95. The number of ether oxygens (including phenoxy) is 3. The highest BCUT2D eigenvalue weighted by Gasteiger charge is 2.32. The van der Waals surface area contributed by atoms with Crippen LogP contribution >= 0.6 is 0 Å². The molecule has 5 rings (SSSR count). The minimum atomic E-state index is -1.45. The second-order valence-corrected chi connectivity index (χ2v) is 13.8. The molecule has 0 fully saturated rings. The summed E-state index contributed by atoms with van der Waals surface area (Å²) < 4.78 is 19.2. The first kappa shape index (κ1) is 41.7. The molecule has 1 aliphatic heterocycles. The number of aliphatic hydroxyl groups is 1. The van der Waals surface area contributed by atoms with Crippen molar-refractivity contribution in [2.75, 3.05) is 33.9 Å². The van der Waals surface area contributed by atoms with Crippen LogP contribution in [0.15, 0.2) is 79.4 Å². The van der Waals surface area contributed by atoms with E-state index in [-0.39, 0.29) is 31.3 Å². The Morgan fingerprint density at radius 2 is 1.63 bits per heavy atom. The summed E-state index contributed by atoms with van der Waals surface area (Å²) in [5.74, 6) is -1.92. The van der Waals surface area contributed by atoms with Crippen molar-refractivity contribution in [1.29, 1.82) is 0 Å². The highest BCUT2D eigenvalue weighted by atomic mass is 16.5. The summed E-state index contributed by atoms with van der Waals surface area (Å²) in [4.78, 5) is 73.4. The predicted octanol–water partition coefficient (Wildman–Crippen LogP) is 2.97. The number of fused-ring (bicyclic) bond motifs is 3. The van der Waals surface area contributed by atoms with Gasteiger partial charge in [0, 0.05) is 42.3 Å². The third-order valence-electron chi connectivity index (χ3n) is 9.40. The molecule has 2 bridgehead atoms. The largest absolute Gasteiger partial charge is 0.496 e. The monoisotopic (exact) mass is 783 g/mol. The molecule has 0 radical (unpaired) electrons. The fourth-order valence-corrected chi connectivity index (χ4v) is 6.24. The van der Waals surface area contributed by atoms with Gasteiger partial charge in [0.25, 0.3) is 11.8 Å². The number of carbonyl (C=O) groups excluding carboxylic acids is 5. The van der Waals surface area contributed by atoms with Gasteiger partial charge in [-0.2, -0.15) is 0 Å². The van der Waals surface area contributed by atoms with Crippen molar-refractivity contribution in [1.82, 2.24) is 35.7 Å². The summed E-state index contributed by atoms with van der Waals surface area (Å²) in [6.45, 7) is 4.71. The second-order valence-electron chi connectivity index (χ2n) is 13.8. The zero-order valence-electron chi connectivity index (χ0n) is 32.6. The summed E-state index contributed by atoms with van der Waals surface area (Å²) in [6.07, 6.45) is 4.55. The number of imidazole rings is 1. The fourth-order valence-electron chi connectivity index (χ4n) is 6.24. The molecule has 3 atom stereocenters. The molecule has 5 N–H and O–H groups in total. The number of hydrogen-bond acceptors (Lipinski definition) is 10. The Kier molecular flexibility index (Phi) is 14.2. The maximum Gasteiger partial charge on any atom is 0.254 e. The van der Waals surface area contributed by atoms with Gasteiger partial charge in [0.1, 0.15) is 23.6 Å². The van der Waals surface area contributed by atoms with Gasteiger partial charge >= 0.3 is 0 Å². The standard InChI is InChI=1S/C41H49N7O9/c1-25(2)36-39(52)44-22-30-31(55-4)9-8-10-32(30)57-34-21-28(13-16-33(34)56-5)38(51)43-17-6-7-19-47(23-35(50)45-37(26(3)49)40(53)46-36)41(54)27-11-14-29(15-12-27)48-20-18-42-24-48/h8-16,18,20-21,24-26,36-37,49H,6-7,17,19,22-23H2,1-5H3,(H,43,51)(H,44,52)(H,45,50)(H,46,53)/t26-,36-,37+/m1/s1. The first-order chi connectivity index (χ1) is 27.4. The molecular weight excluding hydrogens is 734 g/mol. The Balaban J connectivity index is 1.44. The molecule has 302 valence electrons. The molecule has 0 saturated heterocycles. The van der Waals surface area contributed by atoms with Gasteiger partial charge in [-0.25, -0.2) is 4.98 Å². The summed E-state index contributed by atoms with van der Waals surface area (Å²) >= 11 is 0. The molecule has 5 amide bonds. The van der Waals surface area contributed by atoms with E-state index in [1.54, 1.807) is 97.8 Å². The van der Waals surface area contributed by atoms with Gasteiger partial charge in [-0.15, -0.1) is 0 Å². The van der Waals surface area contributed by atoms with Crippen LogP contribution in [0, 0.1) is 5.92 Å². The molecular formula is C41H49N7O9. The molecule has 57 heavy (non-hydrogen) atoms. The second kappa shape index (κ2) is 19.4. The van der Waals surface area contributed by atoms with Crippen molar-refractivity contribution in [3.63, 3.8) is 0 Å². The van der Waals surface area contributed by atoms with Crippen LogP contribution in [0.1, 0.15) is 59.9 Å². The highest BCUT2D eigenvalue weighted by molar-refractivity contribution is 5.98. The van der Waals surface area contributed by atoms with Crippen molar-refractivity contribution in [3.8, 4) is 28.7 Å². The minimum Gasteiger partial charge on any atom is -0.496 e. The number of carbonyl (C=O) groups is 5. The molecule has 1 aliphatic rings. The first-order valence-electron chi connectivity index (χ1n) is 18.6. The van der Waals surface area contributed by atoms with E-state index in [4.69, 9.17) is 14.2 Å². The van der Waals surface area contributed by atoms with E-state index in [1.807, 2.05) is 0 Å². The maximum atomic E-state index is 13.8. The number of methoxy groups -OCH3 is 2. The van der Waals surface area contributed by atoms with Crippen molar-refractivity contribution < 1.29 is 43.3 Å². The number of rotatable bonds is 6. The average molecular weight is 784 g/mol. The predicted molar refractivity (Wildman–Crippen MR) is 209 cm³/mol. The lowest BCUT2D eigenvalue weighted by Crippen LogP contribution is -2.59. The maximum absolute atomic E-state index is 13.8. The molecule has 16 nitrogen and oxygen atoms in total. The van der Waals surface area contributed by atoms with Crippen molar-refractivity contribution in [2.45, 2.75) is 58.3 Å². The third-order valence-corrected chi connectivity index (χ3v) is 9.40. The summed E-state index contributed by atoms with van der Waals surface area (Å²) in [6, 6.07) is 14.1. The Hall–Kier alpha value is -6.42. The molecule has 0 unspecified atom stereocenters. The lowest BCUT2D eigenvalue weighted by Gasteiger charge is -2.28. The smallest absolute Gasteiger partial charge is 0.254 e. The normalized spacial score (nSPS) is 18.2. The molecule has 16 heteroatoms. The quantitative estimate of drug-likeness (QED) is 0.194. The van der Waals surface area contributed by atoms with E-state index < -0.39 is 54.3 Å². The van der Waals surface area contributed by atoms with Crippen LogP contribution < -0.4 is 35.5 Å². The van der Waals surface area contributed by atoms with Gasteiger partial charge in [0.15, 0.2) is 11.5 Å². The van der Waals surface area contributed by atoms with E-state index in [0.29, 0.717) is 46.8 Å². The van der Waals surface area contributed by atoms with E-state index >= 15 is 0 Å². The molecule has 0 aliphatic carbocycles. The number of benzene rings is 3. The van der Waals surface area contributed by atoms with Gasteiger partial charge in [0.05, 0.1) is 45.3 Å². The van der Waals surface area contributed by atoms with Crippen LogP contribution in [0.25, 0.3) is 5.69 Å². The van der Waals surface area contributed by atoms with Gasteiger partial charge < -0.3 is 50.1 Å². The van der Waals surface area contributed by atoms with Crippen LogP contribution in [-0.2, 0) is 20.9 Å². The van der Waals surface area contributed by atoms with Crippen LogP contribution in [0.2, 0.25) is 0 Å². The number of nitrogens with zero attached hydrogens (tertiary/aromatic N) is 3. The number of hydrogen-bond donors (Lipinski definition) is 5. The lowest BCUT2D eigenvalue weighted by atomic mass is 10.0. The van der Waals surface area contributed by atoms with Crippen LogP contribution in [0.5, 0.6) is 23.0 Å². The Morgan fingerprint density at radius 3 is 2.30 bits per heavy atom. The third kappa shape index (κ3) is 10.7. The zero-order valence-corrected chi connectivity index (χ0v) is 32.6. The van der Waals surface area contributed by atoms with Crippen molar-refractivity contribution in [3.05, 3.63) is 96.1 Å². The van der Waals surface area contributed by atoms with Gasteiger partial charge in [-0.1, -0.05) is 19.9 Å². The molecule has 2 heterocycles. The van der Waals surface area contributed by atoms with Gasteiger partial charge in [-0.05, 0) is 80.3 Å². The van der Waals surface area contributed by atoms with E-state index in [0.717, 1.165) is 5.69 Å². The Bertz CT molecular complexity index is 2030. The van der Waals surface area contributed by atoms with Crippen LogP contribution in [0.3, 0.4) is 0 Å². The molecule has 4 aromatic rings. The van der Waals surface area contributed by atoms with E-state index in [9.17, 15) is 29.1 Å². The Morgan fingerprint density at radius 1 is 0.877 bits per heavy atom. The first-order valence-corrected chi connectivity index (χ1v) is 18.6. The fraction of sp³-hybridized carbons (Fsp3) is 0.366. The number of nitrogens with one attached hydrogen (secondary N) is 4. The number of amides is 5. The lowest BCUT2D eigenvalue weighted by molar-refractivity contribution is -0.135. The average Bonchev–Trinajstić information content (AvgIpc) is 3.75. The molecule has 1 aromatic heterocycles. The summed E-state index contributed by atoms with van der Waals surface area (Å²) in [5.41, 5.74) is 1.88. The number of aliphatic hydroxyl groups excluding tert-OH is 1. The van der Waals surface area contributed by atoms with Crippen LogP contribution in [-0.4, -0.2) is 101 Å². The minimum absolute atomic E-state index is 0.0769. The molecule has 0 saturated carbocycles. The van der Waals surface area contributed by atoms with Gasteiger partial charge in [-0.3, -0.25) is 24.0 Å². The van der Waals surface area contributed by atoms with Crippen LogP contribution in [0.4, 0.5) is 0 Å². The molecule has 3 aromatic carbocycles. The topological polar surface area (TPSA) is 202 Å². The van der Waals surface area contributed by atoms with Crippen molar-refractivity contribution >= 4 is 29.5 Å². The highest BCUT2D eigenvalue weighted by Crippen LogP contribution is 2.37. The van der Waals surface area contributed by atoms with Gasteiger partial charge in [0.2, 0.25) is 17.7 Å². The van der Waals surface area contributed by atoms with E-state index in [2.05, 4.69) is 26.3 Å².